The van der Waals surface area contributed by atoms with Gasteiger partial charge in [0.2, 0.25) is 5.91 Å². The second-order valence-corrected chi connectivity index (χ2v) is 7.88. The van der Waals surface area contributed by atoms with Crippen molar-refractivity contribution in [2.24, 2.45) is 23.2 Å². The van der Waals surface area contributed by atoms with E-state index in [1.54, 1.807) is 0 Å². The van der Waals surface area contributed by atoms with E-state index in [2.05, 4.69) is 0 Å². The molecule has 4 saturated carbocycles. The van der Waals surface area contributed by atoms with E-state index in [9.17, 15) is 9.90 Å². The molecule has 1 heterocycles. The maximum absolute atomic E-state index is 12.5. The standard InChI is InChI=1S/C16H25NO2/c18-14-1-2-17(10-14)15(19)9-16-6-11-3-12(7-16)5-13(4-11)8-16/h11-14,18H,1-10H2/t11?,12?,13?,14-,16?/m0/s1. The van der Waals surface area contributed by atoms with Gasteiger partial charge in [0.15, 0.2) is 0 Å². The van der Waals surface area contributed by atoms with E-state index in [0.29, 0.717) is 17.9 Å². The van der Waals surface area contributed by atoms with Crippen molar-refractivity contribution in [1.29, 1.82) is 0 Å². The number of aliphatic hydroxyl groups excluding tert-OH is 1. The lowest BCUT2D eigenvalue weighted by Gasteiger charge is -2.56. The summed E-state index contributed by atoms with van der Waals surface area (Å²) in [5, 5.41) is 9.58. The number of rotatable bonds is 2. The maximum Gasteiger partial charge on any atom is 0.223 e. The summed E-state index contributed by atoms with van der Waals surface area (Å²) in [5.41, 5.74) is 0.347. The van der Waals surface area contributed by atoms with Crippen LogP contribution in [0.1, 0.15) is 51.4 Å². The van der Waals surface area contributed by atoms with Crippen LogP contribution in [-0.4, -0.2) is 35.1 Å². The number of likely N-dealkylation sites (tertiary alicyclic amines) is 1. The second-order valence-electron chi connectivity index (χ2n) is 7.88. The number of carbonyl (C=O) groups is 1. The van der Waals surface area contributed by atoms with Crippen LogP contribution in [0.5, 0.6) is 0 Å². The van der Waals surface area contributed by atoms with Gasteiger partial charge in [-0.05, 0) is 68.1 Å². The first kappa shape index (κ1) is 12.2. The molecule has 0 spiro atoms. The largest absolute Gasteiger partial charge is 0.391 e. The van der Waals surface area contributed by atoms with E-state index >= 15 is 0 Å². The number of carbonyl (C=O) groups excluding carboxylic acids is 1. The van der Waals surface area contributed by atoms with E-state index in [0.717, 1.165) is 37.1 Å². The van der Waals surface area contributed by atoms with Crippen LogP contribution in [0.15, 0.2) is 0 Å². The molecule has 1 amide bonds. The van der Waals surface area contributed by atoms with Crippen molar-refractivity contribution in [2.75, 3.05) is 13.1 Å². The van der Waals surface area contributed by atoms with Crippen LogP contribution < -0.4 is 0 Å². The number of hydrogen-bond acceptors (Lipinski definition) is 2. The molecule has 0 aromatic heterocycles. The summed E-state index contributed by atoms with van der Waals surface area (Å²) in [6, 6.07) is 0. The van der Waals surface area contributed by atoms with Crippen LogP contribution in [0, 0.1) is 23.2 Å². The van der Waals surface area contributed by atoms with Crippen molar-refractivity contribution >= 4 is 5.91 Å². The Hall–Kier alpha value is -0.570. The van der Waals surface area contributed by atoms with Crippen molar-refractivity contribution in [1.82, 2.24) is 4.90 Å². The Labute approximate surface area is 115 Å². The summed E-state index contributed by atoms with van der Waals surface area (Å²) >= 11 is 0. The van der Waals surface area contributed by atoms with E-state index in [-0.39, 0.29) is 6.10 Å². The molecule has 0 radical (unpaired) electrons. The van der Waals surface area contributed by atoms with Gasteiger partial charge in [0.05, 0.1) is 6.10 Å². The average Bonchev–Trinajstić information content (AvgIpc) is 2.73. The van der Waals surface area contributed by atoms with Crippen LogP contribution in [-0.2, 0) is 4.79 Å². The van der Waals surface area contributed by atoms with Gasteiger partial charge < -0.3 is 10.0 Å². The molecule has 1 aliphatic heterocycles. The highest BCUT2D eigenvalue weighted by Gasteiger charge is 2.51. The molecule has 0 aromatic rings. The quantitative estimate of drug-likeness (QED) is 0.829. The normalized spacial score (nSPS) is 47.9. The third kappa shape index (κ3) is 2.10. The highest BCUT2D eigenvalue weighted by Crippen LogP contribution is 2.61. The van der Waals surface area contributed by atoms with Crippen LogP contribution in [0.4, 0.5) is 0 Å². The first-order valence-corrected chi connectivity index (χ1v) is 8.08. The molecule has 106 valence electrons. The predicted molar refractivity (Wildman–Crippen MR) is 72.4 cm³/mol. The average molecular weight is 263 g/mol. The van der Waals surface area contributed by atoms with Gasteiger partial charge in [-0.2, -0.15) is 0 Å². The molecule has 4 aliphatic carbocycles. The highest BCUT2D eigenvalue weighted by atomic mass is 16.3. The summed E-state index contributed by atoms with van der Waals surface area (Å²) in [5.74, 6) is 3.08. The summed E-state index contributed by atoms with van der Waals surface area (Å²) in [7, 11) is 0. The SMILES string of the molecule is O=C(CC12CC3CC(CC(C3)C1)C2)N1CC[C@H](O)C1. The van der Waals surface area contributed by atoms with Crippen molar-refractivity contribution in [3.8, 4) is 0 Å². The fraction of sp³-hybridized carbons (Fsp3) is 0.938. The minimum absolute atomic E-state index is 0.277. The third-order valence-electron chi connectivity index (χ3n) is 6.21. The van der Waals surface area contributed by atoms with Crippen LogP contribution in [0.3, 0.4) is 0 Å². The number of β-amino-alcohol motifs (C(OH)–C–C–N with tert-alkyl or cyclic N) is 1. The van der Waals surface area contributed by atoms with Gasteiger partial charge in [0.1, 0.15) is 0 Å². The molecule has 0 unspecified atom stereocenters. The Morgan fingerprint density at radius 3 is 2.16 bits per heavy atom. The Morgan fingerprint density at radius 1 is 1.11 bits per heavy atom. The zero-order valence-corrected chi connectivity index (χ0v) is 11.7. The molecule has 19 heavy (non-hydrogen) atoms. The first-order chi connectivity index (χ1) is 9.12. The minimum atomic E-state index is -0.277. The Kier molecular flexibility index (Phi) is 2.70. The maximum atomic E-state index is 12.5. The first-order valence-electron chi connectivity index (χ1n) is 8.08. The zero-order chi connectivity index (χ0) is 13.0. The molecule has 3 nitrogen and oxygen atoms in total. The molecular formula is C16H25NO2. The molecule has 5 aliphatic rings. The zero-order valence-electron chi connectivity index (χ0n) is 11.7. The number of nitrogens with zero attached hydrogens (tertiary/aromatic N) is 1. The Balaban J connectivity index is 1.46. The van der Waals surface area contributed by atoms with Gasteiger partial charge in [-0.25, -0.2) is 0 Å². The Bertz CT molecular complexity index is 357. The molecule has 3 heteroatoms. The predicted octanol–water partition coefficient (Wildman–Crippen LogP) is 2.19. The third-order valence-corrected chi connectivity index (χ3v) is 6.21. The van der Waals surface area contributed by atoms with E-state index < -0.39 is 0 Å². The lowest BCUT2D eigenvalue weighted by molar-refractivity contribution is -0.138. The van der Waals surface area contributed by atoms with Crippen molar-refractivity contribution in [3.63, 3.8) is 0 Å². The minimum Gasteiger partial charge on any atom is -0.391 e. The van der Waals surface area contributed by atoms with Crippen LogP contribution >= 0.6 is 0 Å². The van der Waals surface area contributed by atoms with Crippen LogP contribution in [0.25, 0.3) is 0 Å². The molecular weight excluding hydrogens is 238 g/mol. The van der Waals surface area contributed by atoms with E-state index in [1.165, 1.54) is 38.5 Å². The Morgan fingerprint density at radius 2 is 1.68 bits per heavy atom. The summed E-state index contributed by atoms with van der Waals surface area (Å²) in [6.07, 6.45) is 9.50. The number of aliphatic hydroxyl groups is 1. The molecule has 5 rings (SSSR count). The van der Waals surface area contributed by atoms with Crippen LogP contribution in [0.2, 0.25) is 0 Å². The van der Waals surface area contributed by atoms with E-state index in [4.69, 9.17) is 0 Å². The second kappa shape index (κ2) is 4.21. The van der Waals surface area contributed by atoms with Crippen molar-refractivity contribution < 1.29 is 9.90 Å². The molecule has 1 N–H and O–H groups in total. The fourth-order valence-electron chi connectivity index (χ4n) is 5.91. The van der Waals surface area contributed by atoms with Crippen molar-refractivity contribution in [2.45, 2.75) is 57.5 Å². The van der Waals surface area contributed by atoms with Crippen molar-refractivity contribution in [3.05, 3.63) is 0 Å². The number of hydrogen-bond donors (Lipinski definition) is 1. The summed E-state index contributed by atoms with van der Waals surface area (Å²) in [6.45, 7) is 1.34. The van der Waals surface area contributed by atoms with Gasteiger partial charge in [-0.15, -0.1) is 0 Å². The smallest absolute Gasteiger partial charge is 0.223 e. The van der Waals surface area contributed by atoms with E-state index in [1.807, 2.05) is 4.90 Å². The lowest BCUT2D eigenvalue weighted by atomic mass is 9.49. The summed E-state index contributed by atoms with van der Waals surface area (Å²) < 4.78 is 0. The lowest BCUT2D eigenvalue weighted by Crippen LogP contribution is -2.48. The monoisotopic (exact) mass is 263 g/mol. The van der Waals surface area contributed by atoms with Gasteiger partial charge in [0, 0.05) is 19.5 Å². The molecule has 5 fully saturated rings. The molecule has 4 bridgehead atoms. The molecule has 1 atom stereocenters. The van der Waals surface area contributed by atoms with Gasteiger partial charge in [-0.1, -0.05) is 0 Å². The summed E-state index contributed by atoms with van der Waals surface area (Å²) in [4.78, 5) is 14.4. The van der Waals surface area contributed by atoms with Gasteiger partial charge in [-0.3, -0.25) is 4.79 Å². The van der Waals surface area contributed by atoms with Gasteiger partial charge in [0.25, 0.3) is 0 Å². The topological polar surface area (TPSA) is 40.5 Å². The molecule has 1 saturated heterocycles. The highest BCUT2D eigenvalue weighted by molar-refractivity contribution is 5.77. The van der Waals surface area contributed by atoms with Gasteiger partial charge >= 0.3 is 0 Å². The number of amides is 1. The molecule has 0 aromatic carbocycles. The fourth-order valence-corrected chi connectivity index (χ4v) is 5.91.